The molecule has 7 heteroatoms. The molecular formula is C13H14ClN3O2S. The Labute approximate surface area is 122 Å². The van der Waals surface area contributed by atoms with E-state index in [4.69, 9.17) is 10.7 Å². The third-order valence-corrected chi connectivity index (χ3v) is 4.77. The number of hydrogen-bond acceptors (Lipinski definition) is 4. The molecule has 0 amide bonds. The van der Waals surface area contributed by atoms with Crippen LogP contribution in [0.1, 0.15) is 30.0 Å². The summed E-state index contributed by atoms with van der Waals surface area (Å²) in [4.78, 5) is 0. The lowest BCUT2D eigenvalue weighted by Crippen LogP contribution is -2.06. The second kappa shape index (κ2) is 4.56. The highest BCUT2D eigenvalue weighted by atomic mass is 35.7. The average Bonchev–Trinajstić information content (AvgIpc) is 3.10. The van der Waals surface area contributed by atoms with Gasteiger partial charge in [0.25, 0.3) is 14.2 Å². The maximum absolute atomic E-state index is 11.6. The molecule has 106 valence electrons. The van der Waals surface area contributed by atoms with Crippen LogP contribution in [0, 0.1) is 13.8 Å². The van der Waals surface area contributed by atoms with Gasteiger partial charge in [-0.15, -0.1) is 10.2 Å². The molecule has 3 rings (SSSR count). The van der Waals surface area contributed by atoms with Crippen molar-refractivity contribution in [3.8, 4) is 11.4 Å². The van der Waals surface area contributed by atoms with E-state index < -0.39 is 9.05 Å². The third kappa shape index (κ3) is 2.23. The van der Waals surface area contributed by atoms with E-state index in [2.05, 4.69) is 10.2 Å². The number of aryl methyl sites for hydroxylation is 1. The van der Waals surface area contributed by atoms with Crippen molar-refractivity contribution >= 4 is 19.7 Å². The number of nitrogens with zero attached hydrogens (tertiary/aromatic N) is 3. The third-order valence-electron chi connectivity index (χ3n) is 3.64. The molecule has 1 aliphatic carbocycles. The first-order chi connectivity index (χ1) is 9.39. The number of hydrogen-bond donors (Lipinski definition) is 0. The van der Waals surface area contributed by atoms with Crippen LogP contribution in [0.3, 0.4) is 0 Å². The van der Waals surface area contributed by atoms with Gasteiger partial charge >= 0.3 is 0 Å². The van der Waals surface area contributed by atoms with Crippen molar-refractivity contribution in [2.24, 2.45) is 0 Å². The maximum atomic E-state index is 11.6. The fourth-order valence-electron chi connectivity index (χ4n) is 2.28. The van der Waals surface area contributed by atoms with Crippen molar-refractivity contribution < 1.29 is 8.42 Å². The highest BCUT2D eigenvalue weighted by Crippen LogP contribution is 2.41. The van der Waals surface area contributed by atoms with E-state index in [1.165, 1.54) is 0 Å². The van der Waals surface area contributed by atoms with Gasteiger partial charge < -0.3 is 0 Å². The number of benzene rings is 1. The average molecular weight is 312 g/mol. The molecule has 0 atom stereocenters. The summed E-state index contributed by atoms with van der Waals surface area (Å²) in [5.74, 6) is 0.577. The van der Waals surface area contributed by atoms with Crippen LogP contribution in [0.4, 0.5) is 0 Å². The van der Waals surface area contributed by atoms with Gasteiger partial charge in [0.15, 0.2) is 5.82 Å². The molecule has 0 saturated heterocycles. The molecule has 1 aromatic heterocycles. The van der Waals surface area contributed by atoms with E-state index in [0.29, 0.717) is 5.82 Å². The lowest BCUT2D eigenvalue weighted by Gasteiger charge is -2.10. The van der Waals surface area contributed by atoms with E-state index in [1.54, 1.807) is 4.57 Å². The Morgan fingerprint density at radius 2 is 1.95 bits per heavy atom. The predicted molar refractivity (Wildman–Crippen MR) is 76.2 cm³/mol. The second-order valence-electron chi connectivity index (χ2n) is 5.09. The number of halogens is 1. The Morgan fingerprint density at radius 1 is 1.25 bits per heavy atom. The van der Waals surface area contributed by atoms with Gasteiger partial charge in [0.05, 0.1) is 0 Å². The normalized spacial score (nSPS) is 15.6. The maximum Gasteiger partial charge on any atom is 0.296 e. The predicted octanol–water partition coefficient (Wildman–Crippen LogP) is 2.82. The molecule has 1 fully saturated rings. The van der Waals surface area contributed by atoms with Crippen molar-refractivity contribution in [3.63, 3.8) is 0 Å². The van der Waals surface area contributed by atoms with Gasteiger partial charge in [0.2, 0.25) is 0 Å². The Hall–Kier alpha value is -1.40. The Morgan fingerprint density at radius 3 is 2.55 bits per heavy atom. The molecule has 2 aromatic rings. The molecule has 1 aromatic carbocycles. The van der Waals surface area contributed by atoms with E-state index in [-0.39, 0.29) is 11.2 Å². The van der Waals surface area contributed by atoms with Crippen molar-refractivity contribution in [3.05, 3.63) is 29.3 Å². The van der Waals surface area contributed by atoms with E-state index in [0.717, 1.165) is 29.5 Å². The molecule has 0 bridgehead atoms. The zero-order chi connectivity index (χ0) is 14.5. The quantitative estimate of drug-likeness (QED) is 0.818. The minimum atomic E-state index is -3.89. The molecule has 1 saturated carbocycles. The Kier molecular flexibility index (Phi) is 3.10. The van der Waals surface area contributed by atoms with E-state index >= 15 is 0 Å². The van der Waals surface area contributed by atoms with E-state index in [1.807, 2.05) is 32.0 Å². The van der Waals surface area contributed by atoms with Gasteiger partial charge in [-0.1, -0.05) is 18.2 Å². The summed E-state index contributed by atoms with van der Waals surface area (Å²) in [6.45, 7) is 4.00. The Bertz CT molecular complexity index is 779. The van der Waals surface area contributed by atoms with Gasteiger partial charge in [-0.25, -0.2) is 8.42 Å². The molecule has 20 heavy (non-hydrogen) atoms. The standard InChI is InChI=1S/C13H14ClN3O2S/c1-8-4-3-5-11(9(8)2)12-15-16-13(20(14,18)19)17(12)10-6-7-10/h3-5,10H,6-7H2,1-2H3. The lowest BCUT2D eigenvalue weighted by atomic mass is 10.0. The highest BCUT2D eigenvalue weighted by molar-refractivity contribution is 8.13. The molecule has 0 spiro atoms. The van der Waals surface area contributed by atoms with E-state index in [9.17, 15) is 8.42 Å². The molecule has 5 nitrogen and oxygen atoms in total. The van der Waals surface area contributed by atoms with Crippen molar-refractivity contribution in [1.82, 2.24) is 14.8 Å². The van der Waals surface area contributed by atoms with Gasteiger partial charge in [0.1, 0.15) is 0 Å². The van der Waals surface area contributed by atoms with Crippen LogP contribution >= 0.6 is 10.7 Å². The van der Waals surface area contributed by atoms with Crippen LogP contribution in [0.2, 0.25) is 0 Å². The molecule has 0 radical (unpaired) electrons. The SMILES string of the molecule is Cc1cccc(-c2nnc(S(=O)(=O)Cl)n2C2CC2)c1C. The number of rotatable bonds is 3. The summed E-state index contributed by atoms with van der Waals surface area (Å²) in [7, 11) is 1.57. The summed E-state index contributed by atoms with van der Waals surface area (Å²) >= 11 is 0. The summed E-state index contributed by atoms with van der Waals surface area (Å²) in [6, 6.07) is 5.99. The van der Waals surface area contributed by atoms with Crippen LogP contribution in [0.25, 0.3) is 11.4 Å². The smallest absolute Gasteiger partial charge is 0.294 e. The van der Waals surface area contributed by atoms with Gasteiger partial charge in [-0.3, -0.25) is 4.57 Å². The van der Waals surface area contributed by atoms with Gasteiger partial charge in [-0.05, 0) is 37.8 Å². The molecule has 0 unspecified atom stereocenters. The largest absolute Gasteiger partial charge is 0.296 e. The fraction of sp³-hybridized carbons (Fsp3) is 0.385. The lowest BCUT2D eigenvalue weighted by molar-refractivity contribution is 0.579. The second-order valence-corrected chi connectivity index (χ2v) is 7.55. The summed E-state index contributed by atoms with van der Waals surface area (Å²) < 4.78 is 24.9. The minimum absolute atomic E-state index is 0.128. The van der Waals surface area contributed by atoms with Crippen molar-refractivity contribution in [2.45, 2.75) is 37.9 Å². The Balaban J connectivity index is 2.25. The van der Waals surface area contributed by atoms with Gasteiger partial charge in [0, 0.05) is 22.3 Å². The summed E-state index contributed by atoms with van der Waals surface area (Å²) in [6.07, 6.45) is 1.85. The first-order valence-corrected chi connectivity index (χ1v) is 8.66. The highest BCUT2D eigenvalue weighted by Gasteiger charge is 2.34. The fourth-order valence-corrected chi connectivity index (χ4v) is 3.21. The molecule has 1 aliphatic rings. The zero-order valence-electron chi connectivity index (χ0n) is 11.2. The van der Waals surface area contributed by atoms with Crippen LogP contribution < -0.4 is 0 Å². The first-order valence-electron chi connectivity index (χ1n) is 6.35. The van der Waals surface area contributed by atoms with Crippen LogP contribution in [0.15, 0.2) is 23.4 Å². The van der Waals surface area contributed by atoms with Crippen molar-refractivity contribution in [1.29, 1.82) is 0 Å². The zero-order valence-corrected chi connectivity index (χ0v) is 12.7. The molecule has 1 heterocycles. The molecule has 0 N–H and O–H groups in total. The van der Waals surface area contributed by atoms with Gasteiger partial charge in [-0.2, -0.15) is 0 Å². The molecule has 0 aliphatic heterocycles. The summed E-state index contributed by atoms with van der Waals surface area (Å²) in [5, 5.41) is 7.70. The topological polar surface area (TPSA) is 64.8 Å². The van der Waals surface area contributed by atoms with Crippen LogP contribution in [0.5, 0.6) is 0 Å². The monoisotopic (exact) mass is 311 g/mol. The van der Waals surface area contributed by atoms with Crippen LogP contribution in [-0.4, -0.2) is 23.2 Å². The molecular weight excluding hydrogens is 298 g/mol. The van der Waals surface area contributed by atoms with Crippen molar-refractivity contribution in [2.75, 3.05) is 0 Å². The summed E-state index contributed by atoms with van der Waals surface area (Å²) in [5.41, 5.74) is 3.10. The minimum Gasteiger partial charge on any atom is -0.294 e. The number of aromatic nitrogens is 3. The first kappa shape index (κ1) is 13.6. The van der Waals surface area contributed by atoms with Crippen LogP contribution in [-0.2, 0) is 9.05 Å².